The number of hydrogen-bond acceptors (Lipinski definition) is 3. The van der Waals surface area contributed by atoms with Crippen LogP contribution in [0.4, 0.5) is 0 Å². The number of pyridine rings is 1. The summed E-state index contributed by atoms with van der Waals surface area (Å²) in [6.45, 7) is 3.23. The van der Waals surface area contributed by atoms with E-state index in [2.05, 4.69) is 53.3 Å². The molecule has 94 valence electrons. The number of nitrogens with one attached hydrogen (secondary N) is 1. The van der Waals surface area contributed by atoms with Crippen molar-refractivity contribution in [3.63, 3.8) is 0 Å². The van der Waals surface area contributed by atoms with Crippen LogP contribution in [0.5, 0.6) is 0 Å². The number of para-hydroxylation sites is 1. The minimum absolute atomic E-state index is 0.656. The number of nitrogens with zero attached hydrogens (tertiary/aromatic N) is 1. The normalized spacial score (nSPS) is 23.6. The van der Waals surface area contributed by atoms with Crippen LogP contribution in [0, 0.1) is 0 Å². The van der Waals surface area contributed by atoms with Crippen LogP contribution >= 0.6 is 11.8 Å². The third-order valence-corrected chi connectivity index (χ3v) is 4.85. The van der Waals surface area contributed by atoms with Gasteiger partial charge in [0.15, 0.2) is 0 Å². The topological polar surface area (TPSA) is 24.9 Å². The van der Waals surface area contributed by atoms with Crippen molar-refractivity contribution >= 4 is 22.7 Å². The molecule has 2 unspecified atom stereocenters. The maximum atomic E-state index is 4.50. The van der Waals surface area contributed by atoms with Crippen molar-refractivity contribution in [2.75, 3.05) is 5.75 Å². The van der Waals surface area contributed by atoms with E-state index in [1.54, 1.807) is 0 Å². The lowest BCUT2D eigenvalue weighted by Gasteiger charge is -2.12. The van der Waals surface area contributed by atoms with Crippen molar-refractivity contribution in [1.82, 2.24) is 10.3 Å². The van der Waals surface area contributed by atoms with E-state index in [0.717, 1.165) is 17.3 Å². The molecule has 3 heteroatoms. The lowest BCUT2D eigenvalue weighted by Crippen LogP contribution is -2.28. The highest BCUT2D eigenvalue weighted by atomic mass is 32.2. The lowest BCUT2D eigenvalue weighted by atomic mass is 10.1. The summed E-state index contributed by atoms with van der Waals surface area (Å²) in [4.78, 5) is 4.50. The first-order chi connectivity index (χ1) is 8.83. The molecule has 1 aliphatic heterocycles. The lowest BCUT2D eigenvalue weighted by molar-refractivity contribution is 0.539. The van der Waals surface area contributed by atoms with Gasteiger partial charge in [-0.25, -0.2) is 0 Å². The molecule has 2 heterocycles. The molecule has 0 bridgehead atoms. The van der Waals surface area contributed by atoms with Gasteiger partial charge >= 0.3 is 0 Å². The van der Waals surface area contributed by atoms with Gasteiger partial charge in [-0.2, -0.15) is 11.8 Å². The molecule has 1 aliphatic rings. The Labute approximate surface area is 112 Å². The molecule has 1 N–H and O–H groups in total. The molecule has 3 rings (SSSR count). The first kappa shape index (κ1) is 12.0. The molecule has 0 saturated carbocycles. The fraction of sp³-hybridized carbons (Fsp3) is 0.400. The maximum Gasteiger partial charge on any atom is 0.0746 e. The zero-order chi connectivity index (χ0) is 12.4. The Morgan fingerprint density at radius 2 is 2.22 bits per heavy atom. The Balaban J connectivity index is 1.74. The van der Waals surface area contributed by atoms with Crippen molar-refractivity contribution in [2.24, 2.45) is 0 Å². The highest BCUT2D eigenvalue weighted by Crippen LogP contribution is 2.26. The molecular weight excluding hydrogens is 240 g/mol. The van der Waals surface area contributed by atoms with Gasteiger partial charge in [0.1, 0.15) is 0 Å². The standard InChI is InChI=1S/C15H18N2S/c1-11-8-14(10-18-11)17-9-13-5-2-4-12-6-3-7-16-15(12)13/h2-7,11,14,17H,8-10H2,1H3. The van der Waals surface area contributed by atoms with Gasteiger partial charge in [-0.05, 0) is 18.1 Å². The summed E-state index contributed by atoms with van der Waals surface area (Å²) in [6, 6.07) is 11.2. The summed E-state index contributed by atoms with van der Waals surface area (Å²) in [5, 5.41) is 5.69. The molecule has 0 aliphatic carbocycles. The molecule has 1 aromatic heterocycles. The van der Waals surface area contributed by atoms with Crippen LogP contribution in [0.1, 0.15) is 18.9 Å². The summed E-state index contributed by atoms with van der Waals surface area (Å²) in [5.41, 5.74) is 2.43. The van der Waals surface area contributed by atoms with E-state index in [0.29, 0.717) is 6.04 Å². The van der Waals surface area contributed by atoms with Crippen LogP contribution in [0.25, 0.3) is 10.9 Å². The molecule has 2 atom stereocenters. The SMILES string of the molecule is CC1CC(NCc2cccc3cccnc23)CS1. The van der Waals surface area contributed by atoms with Crippen molar-refractivity contribution in [3.05, 3.63) is 42.1 Å². The van der Waals surface area contributed by atoms with E-state index < -0.39 is 0 Å². The van der Waals surface area contributed by atoms with Crippen LogP contribution in [0.15, 0.2) is 36.5 Å². The highest BCUT2D eigenvalue weighted by Gasteiger charge is 2.21. The van der Waals surface area contributed by atoms with Crippen molar-refractivity contribution in [2.45, 2.75) is 31.2 Å². The summed E-state index contributed by atoms with van der Waals surface area (Å²) < 4.78 is 0. The largest absolute Gasteiger partial charge is 0.309 e. The Hall–Kier alpha value is -1.06. The Morgan fingerprint density at radius 3 is 3.06 bits per heavy atom. The second kappa shape index (κ2) is 5.29. The summed E-state index contributed by atoms with van der Waals surface area (Å²) in [5.74, 6) is 1.24. The van der Waals surface area contributed by atoms with E-state index in [4.69, 9.17) is 0 Å². The zero-order valence-electron chi connectivity index (χ0n) is 10.6. The van der Waals surface area contributed by atoms with E-state index in [1.807, 2.05) is 12.3 Å². The van der Waals surface area contributed by atoms with Crippen molar-refractivity contribution in [3.8, 4) is 0 Å². The average Bonchev–Trinajstić information content (AvgIpc) is 2.82. The van der Waals surface area contributed by atoms with Crippen molar-refractivity contribution in [1.29, 1.82) is 0 Å². The number of benzene rings is 1. The first-order valence-corrected chi connectivity index (χ1v) is 7.55. The predicted molar refractivity (Wildman–Crippen MR) is 78.9 cm³/mol. The molecule has 1 saturated heterocycles. The van der Waals surface area contributed by atoms with Gasteiger partial charge in [0, 0.05) is 35.2 Å². The van der Waals surface area contributed by atoms with Gasteiger partial charge in [0.25, 0.3) is 0 Å². The quantitative estimate of drug-likeness (QED) is 0.915. The first-order valence-electron chi connectivity index (χ1n) is 6.50. The minimum Gasteiger partial charge on any atom is -0.309 e. The molecule has 0 amide bonds. The van der Waals surface area contributed by atoms with Gasteiger partial charge < -0.3 is 5.32 Å². The zero-order valence-corrected chi connectivity index (χ0v) is 11.4. The molecule has 1 fully saturated rings. The third-order valence-electron chi connectivity index (χ3n) is 3.50. The van der Waals surface area contributed by atoms with Crippen LogP contribution in [-0.2, 0) is 6.54 Å². The Bertz CT molecular complexity index is 536. The fourth-order valence-corrected chi connectivity index (χ4v) is 3.71. The van der Waals surface area contributed by atoms with Crippen molar-refractivity contribution < 1.29 is 0 Å². The molecule has 2 nitrogen and oxygen atoms in total. The molecule has 1 aromatic carbocycles. The number of thioether (sulfide) groups is 1. The van der Waals surface area contributed by atoms with Gasteiger partial charge in [-0.15, -0.1) is 0 Å². The van der Waals surface area contributed by atoms with Crippen LogP contribution in [0.3, 0.4) is 0 Å². The van der Waals surface area contributed by atoms with Crippen LogP contribution in [-0.4, -0.2) is 22.0 Å². The van der Waals surface area contributed by atoms with Crippen LogP contribution in [0.2, 0.25) is 0 Å². The monoisotopic (exact) mass is 258 g/mol. The molecular formula is C15H18N2S. The van der Waals surface area contributed by atoms with E-state index in [1.165, 1.54) is 23.1 Å². The minimum atomic E-state index is 0.656. The van der Waals surface area contributed by atoms with E-state index in [9.17, 15) is 0 Å². The second-order valence-corrected chi connectivity index (χ2v) is 6.42. The Morgan fingerprint density at radius 1 is 1.33 bits per heavy atom. The number of hydrogen-bond donors (Lipinski definition) is 1. The highest BCUT2D eigenvalue weighted by molar-refractivity contribution is 8.00. The molecule has 18 heavy (non-hydrogen) atoms. The maximum absolute atomic E-state index is 4.50. The molecule has 2 aromatic rings. The summed E-state index contributed by atoms with van der Waals surface area (Å²) in [6.07, 6.45) is 3.15. The smallest absolute Gasteiger partial charge is 0.0746 e. The fourth-order valence-electron chi connectivity index (χ4n) is 2.52. The number of fused-ring (bicyclic) bond motifs is 1. The number of rotatable bonds is 3. The van der Waals surface area contributed by atoms with E-state index >= 15 is 0 Å². The van der Waals surface area contributed by atoms with Gasteiger partial charge in [0.2, 0.25) is 0 Å². The second-order valence-electron chi connectivity index (χ2n) is 4.95. The average molecular weight is 258 g/mol. The summed E-state index contributed by atoms with van der Waals surface area (Å²) in [7, 11) is 0. The molecule has 0 radical (unpaired) electrons. The van der Waals surface area contributed by atoms with E-state index in [-0.39, 0.29) is 0 Å². The third kappa shape index (κ3) is 2.52. The van der Waals surface area contributed by atoms with Crippen LogP contribution < -0.4 is 5.32 Å². The van der Waals surface area contributed by atoms with Gasteiger partial charge in [-0.1, -0.05) is 31.2 Å². The molecule has 0 spiro atoms. The van der Waals surface area contributed by atoms with Gasteiger partial charge in [0.05, 0.1) is 5.52 Å². The summed E-state index contributed by atoms with van der Waals surface area (Å²) >= 11 is 2.07. The van der Waals surface area contributed by atoms with Gasteiger partial charge in [-0.3, -0.25) is 4.98 Å². The number of aromatic nitrogens is 1. The predicted octanol–water partition coefficient (Wildman–Crippen LogP) is 3.22. The Kier molecular flexibility index (Phi) is 3.52.